The Labute approximate surface area is 519 Å². The van der Waals surface area contributed by atoms with E-state index in [0.717, 1.165) is 173 Å². The predicted molar refractivity (Wildman–Crippen MR) is 333 cm³/mol. The fourth-order valence-corrected chi connectivity index (χ4v) is 13.5. The standard InChI is InChI=1S/C28H46O5.C23H38O5.C20H34O5/c1-3-28(19-31-22(2)23-13-7-4-8-14-23,20-32-26(29)24-15-9-5-10-16-24)21-33-27(30)25-17-11-6-12-18-25;1-4-23(15-26-18(2)3,16-27-21(24)19-11-7-5-8-12-19)17-28-22(25)20-13-9-6-10-14-20;1-2-20(13-21,14-24-18(22)16-9-5-3-6-10-16)15-25-19(23)17-11-7-4-8-12-17/h23-25H,2-21H2,1H3;19-20H,2,4-17H2,1,3H3;16-17,21H,2-15H2,1H3. The van der Waals surface area contributed by atoms with Crippen molar-refractivity contribution in [3.05, 3.63) is 24.7 Å². The number of hydrogen-bond donors (Lipinski definition) is 1. The largest absolute Gasteiger partial charge is 0.498 e. The Balaban J connectivity index is 0.000000238. The maximum absolute atomic E-state index is 12.7. The molecule has 0 aromatic rings. The second-order valence-electron chi connectivity index (χ2n) is 27.5. The van der Waals surface area contributed by atoms with Crippen LogP contribution >= 0.6 is 0 Å². The lowest BCUT2D eigenvalue weighted by Crippen LogP contribution is -2.40. The van der Waals surface area contributed by atoms with Crippen molar-refractivity contribution in [3.63, 3.8) is 0 Å². The molecule has 0 saturated heterocycles. The highest BCUT2D eigenvalue weighted by atomic mass is 16.6. The first-order chi connectivity index (χ1) is 41.6. The number of aliphatic hydroxyl groups is 1. The van der Waals surface area contributed by atoms with Crippen molar-refractivity contribution in [2.45, 2.75) is 272 Å². The molecular weight excluding hydrogens is 1090 g/mol. The van der Waals surface area contributed by atoms with Gasteiger partial charge in [0.05, 0.1) is 83.1 Å². The second kappa shape index (κ2) is 39.8. The molecule has 0 atom stereocenters. The molecule has 0 radical (unpaired) electrons. The summed E-state index contributed by atoms with van der Waals surface area (Å²) in [6, 6.07) is 0. The van der Waals surface area contributed by atoms with E-state index in [1.165, 1.54) is 57.8 Å². The number of aliphatic hydroxyl groups excluding tert-OH is 1. The Morgan fingerprint density at radius 3 is 0.686 bits per heavy atom. The summed E-state index contributed by atoms with van der Waals surface area (Å²) in [7, 11) is 0. The molecule has 0 bridgehead atoms. The van der Waals surface area contributed by atoms with Crippen molar-refractivity contribution >= 4 is 35.8 Å². The quantitative estimate of drug-likeness (QED) is 0.0421. The minimum atomic E-state index is -0.686. The summed E-state index contributed by atoms with van der Waals surface area (Å²) in [5.41, 5.74) is -1.76. The van der Waals surface area contributed by atoms with Crippen LogP contribution in [0.15, 0.2) is 24.7 Å². The number of hydrogen-bond acceptors (Lipinski definition) is 15. The van der Waals surface area contributed by atoms with Gasteiger partial charge < -0.3 is 43.0 Å². The molecule has 7 saturated carbocycles. The van der Waals surface area contributed by atoms with E-state index >= 15 is 0 Å². The van der Waals surface area contributed by atoms with Gasteiger partial charge in [0.2, 0.25) is 0 Å². The van der Waals surface area contributed by atoms with Gasteiger partial charge in [-0.3, -0.25) is 28.8 Å². The Morgan fingerprint density at radius 2 is 0.488 bits per heavy atom. The average molecular weight is 1210 g/mol. The molecule has 7 aliphatic carbocycles. The molecule has 0 amide bonds. The summed E-state index contributed by atoms with van der Waals surface area (Å²) in [5.74, 6) is 1.11. The van der Waals surface area contributed by atoms with Gasteiger partial charge in [0.25, 0.3) is 0 Å². The van der Waals surface area contributed by atoms with Crippen LogP contribution in [0.1, 0.15) is 272 Å². The summed E-state index contributed by atoms with van der Waals surface area (Å²) in [6.07, 6.45) is 39.2. The number of carbonyl (C=O) groups excluding carboxylic acids is 6. The second-order valence-corrected chi connectivity index (χ2v) is 27.5. The molecule has 492 valence electrons. The van der Waals surface area contributed by atoms with Crippen molar-refractivity contribution < 1.29 is 71.8 Å². The lowest BCUT2D eigenvalue weighted by atomic mass is 9.86. The highest BCUT2D eigenvalue weighted by molar-refractivity contribution is 5.75. The van der Waals surface area contributed by atoms with E-state index in [0.29, 0.717) is 44.2 Å². The minimum Gasteiger partial charge on any atom is -0.498 e. The molecule has 0 aliphatic heterocycles. The number of rotatable bonds is 29. The fraction of sp³-hybridized carbons (Fsp3) is 0.859. The van der Waals surface area contributed by atoms with E-state index in [1.54, 1.807) is 6.92 Å². The molecule has 0 spiro atoms. The van der Waals surface area contributed by atoms with E-state index in [-0.39, 0.29) is 118 Å². The summed E-state index contributed by atoms with van der Waals surface area (Å²) in [4.78, 5) is 75.0. The molecule has 1 N–H and O–H groups in total. The highest BCUT2D eigenvalue weighted by Gasteiger charge is 2.39. The normalized spacial score (nSPS) is 20.3. The van der Waals surface area contributed by atoms with Gasteiger partial charge in [-0.2, -0.15) is 0 Å². The number of allylic oxidation sites excluding steroid dienone is 2. The summed E-state index contributed by atoms with van der Waals surface area (Å²) in [6.45, 7) is 17.5. The van der Waals surface area contributed by atoms with Gasteiger partial charge in [-0.05, 0) is 116 Å². The minimum absolute atomic E-state index is 0.00760. The zero-order valence-corrected chi connectivity index (χ0v) is 54.4. The van der Waals surface area contributed by atoms with Gasteiger partial charge in [0.1, 0.15) is 39.6 Å². The zero-order valence-electron chi connectivity index (χ0n) is 54.4. The number of ether oxygens (including phenoxy) is 8. The van der Waals surface area contributed by atoms with Gasteiger partial charge in [-0.15, -0.1) is 0 Å². The van der Waals surface area contributed by atoms with Crippen molar-refractivity contribution in [2.24, 2.45) is 57.7 Å². The Morgan fingerprint density at radius 1 is 0.302 bits per heavy atom. The summed E-state index contributed by atoms with van der Waals surface area (Å²) < 4.78 is 46.0. The molecular formula is C71H118O15. The molecule has 86 heavy (non-hydrogen) atoms. The lowest BCUT2D eigenvalue weighted by molar-refractivity contribution is -0.165. The third-order valence-electron chi connectivity index (χ3n) is 20.6. The smallest absolute Gasteiger partial charge is 0.308 e. The van der Waals surface area contributed by atoms with Gasteiger partial charge in [0, 0.05) is 5.92 Å². The third kappa shape index (κ3) is 25.4. The van der Waals surface area contributed by atoms with Crippen LogP contribution in [0.25, 0.3) is 0 Å². The Kier molecular flexibility index (Phi) is 33.6. The molecule has 0 aromatic heterocycles. The average Bonchev–Trinajstić information content (AvgIpc) is 3.71. The molecule has 15 heteroatoms. The molecule has 0 unspecified atom stereocenters. The van der Waals surface area contributed by atoms with Crippen LogP contribution in [-0.4, -0.2) is 100 Å². The van der Waals surface area contributed by atoms with E-state index in [2.05, 4.69) is 20.1 Å². The first kappa shape index (κ1) is 72.6. The van der Waals surface area contributed by atoms with Crippen LogP contribution in [0.4, 0.5) is 0 Å². The zero-order chi connectivity index (χ0) is 62.1. The monoisotopic (exact) mass is 1210 g/mol. The molecule has 7 rings (SSSR count). The van der Waals surface area contributed by atoms with Crippen molar-refractivity contribution in [1.29, 1.82) is 0 Å². The van der Waals surface area contributed by atoms with Crippen LogP contribution < -0.4 is 0 Å². The molecule has 7 aliphatic rings. The fourth-order valence-electron chi connectivity index (χ4n) is 13.5. The third-order valence-corrected chi connectivity index (χ3v) is 20.6. The predicted octanol–water partition coefficient (Wildman–Crippen LogP) is 15.5. The van der Waals surface area contributed by atoms with Gasteiger partial charge in [0.15, 0.2) is 0 Å². The maximum atomic E-state index is 12.7. The lowest BCUT2D eigenvalue weighted by Gasteiger charge is -2.34. The van der Waals surface area contributed by atoms with Crippen LogP contribution in [-0.2, 0) is 66.7 Å². The van der Waals surface area contributed by atoms with Crippen LogP contribution in [0.5, 0.6) is 0 Å². The first-order valence-electron chi connectivity index (χ1n) is 34.8. The SMILES string of the molecule is C=C(C)OCC(CC)(COC(=O)C1CCCCC1)COC(=O)C1CCCCC1.C=C(OCC(CC)(COC(=O)C1CCCCC1)COC(=O)C1CCCCC1)C1CCCCC1.CCC(CO)(COC(=O)C1CCCCC1)COC(=O)C1CCCCC1. The Hall–Kier alpha value is -4.14. The van der Waals surface area contributed by atoms with Crippen LogP contribution in [0.3, 0.4) is 0 Å². The van der Waals surface area contributed by atoms with Crippen molar-refractivity contribution in [1.82, 2.24) is 0 Å². The molecule has 0 aromatic carbocycles. The molecule has 7 fully saturated rings. The van der Waals surface area contributed by atoms with Gasteiger partial charge in [-0.25, -0.2) is 0 Å². The maximum Gasteiger partial charge on any atom is 0.308 e. The molecule has 15 nitrogen and oxygen atoms in total. The number of esters is 6. The first-order valence-corrected chi connectivity index (χ1v) is 34.8. The van der Waals surface area contributed by atoms with Crippen molar-refractivity contribution in [2.75, 3.05) is 59.5 Å². The van der Waals surface area contributed by atoms with Crippen molar-refractivity contribution in [3.8, 4) is 0 Å². The van der Waals surface area contributed by atoms with E-state index in [9.17, 15) is 33.9 Å². The van der Waals surface area contributed by atoms with Crippen LogP contribution in [0, 0.1) is 57.7 Å². The highest BCUT2D eigenvalue weighted by Crippen LogP contribution is 2.36. The molecule has 0 heterocycles. The van der Waals surface area contributed by atoms with Gasteiger partial charge in [-0.1, -0.05) is 169 Å². The summed E-state index contributed by atoms with van der Waals surface area (Å²) in [5, 5.41) is 9.84. The topological polar surface area (TPSA) is 196 Å². The van der Waals surface area contributed by atoms with Crippen LogP contribution in [0.2, 0.25) is 0 Å². The number of carbonyl (C=O) groups is 6. The van der Waals surface area contributed by atoms with E-state index in [4.69, 9.17) is 37.9 Å². The van der Waals surface area contributed by atoms with E-state index in [1.807, 2.05) is 13.8 Å². The van der Waals surface area contributed by atoms with Gasteiger partial charge >= 0.3 is 35.8 Å². The summed E-state index contributed by atoms with van der Waals surface area (Å²) >= 11 is 0. The van der Waals surface area contributed by atoms with E-state index < -0.39 is 16.2 Å². The Bertz CT molecular complexity index is 1850.